The van der Waals surface area contributed by atoms with Crippen LogP contribution in [-0.2, 0) is 0 Å². The quantitative estimate of drug-likeness (QED) is 0.245. The number of nitrogens with zero attached hydrogens (tertiary/aromatic N) is 2. The van der Waals surface area contributed by atoms with Gasteiger partial charge in [0, 0.05) is 23.5 Å². The van der Waals surface area contributed by atoms with Crippen LogP contribution in [0.2, 0.25) is 0 Å². The van der Waals surface area contributed by atoms with Crippen LogP contribution < -0.4 is 59.5 Å². The van der Waals surface area contributed by atoms with Gasteiger partial charge in [0.15, 0.2) is 0 Å². The number of rotatable bonds is 4. The van der Waals surface area contributed by atoms with Crippen LogP contribution in [0, 0.1) is 10.1 Å². The molecule has 0 spiro atoms. The summed E-state index contributed by atoms with van der Waals surface area (Å²) in [4.78, 5) is 13.5. The van der Waals surface area contributed by atoms with E-state index in [1.54, 1.807) is 18.2 Å². The lowest BCUT2D eigenvalue weighted by molar-refractivity contribution is -0.384. The van der Waals surface area contributed by atoms with Crippen LogP contribution in [-0.4, -0.2) is 83.4 Å². The Balaban J connectivity index is 2.53. The topological polar surface area (TPSA) is 46.4 Å². The van der Waals surface area contributed by atoms with E-state index < -0.39 is 0 Å². The molecular formula is C18H24B10N2O2. The number of hydrogen-bond donors (Lipinski definition) is 0. The molecule has 0 saturated carbocycles. The summed E-state index contributed by atoms with van der Waals surface area (Å²) in [5.74, 6) is 0. The lowest BCUT2D eigenvalue weighted by atomic mass is 9.60. The van der Waals surface area contributed by atoms with Crippen molar-refractivity contribution in [2.24, 2.45) is 0 Å². The van der Waals surface area contributed by atoms with Crippen molar-refractivity contribution in [1.82, 2.24) is 0 Å². The van der Waals surface area contributed by atoms with Crippen molar-refractivity contribution in [2.75, 3.05) is 4.90 Å². The first-order valence-electron chi connectivity index (χ1n) is 11.1. The van der Waals surface area contributed by atoms with E-state index in [0.717, 1.165) is 17.1 Å². The first kappa shape index (κ1) is 24.2. The molecule has 0 radical (unpaired) electrons. The Morgan fingerprint density at radius 2 is 0.938 bits per heavy atom. The summed E-state index contributed by atoms with van der Waals surface area (Å²) in [6.07, 6.45) is 0. The van der Waals surface area contributed by atoms with Crippen molar-refractivity contribution < 1.29 is 4.92 Å². The predicted octanol–water partition coefficient (Wildman–Crippen LogP) is -12.4. The average molecular weight is 409 g/mol. The van der Waals surface area contributed by atoms with E-state index in [4.69, 9.17) is 0 Å². The summed E-state index contributed by atoms with van der Waals surface area (Å²) in [7, 11) is 21.6. The molecule has 4 nitrogen and oxygen atoms in total. The van der Waals surface area contributed by atoms with Crippen molar-refractivity contribution in [3.63, 3.8) is 0 Å². The number of non-ortho nitro benzene ring substituents is 1. The monoisotopic (exact) mass is 410 g/mol. The maximum atomic E-state index is 11.6. The third-order valence-corrected chi connectivity index (χ3v) is 7.67. The van der Waals surface area contributed by atoms with Crippen LogP contribution in [0.4, 0.5) is 22.7 Å². The minimum absolute atomic E-state index is 0.0965. The highest BCUT2D eigenvalue weighted by molar-refractivity contribution is 6.71. The first-order chi connectivity index (χ1) is 14.9. The van der Waals surface area contributed by atoms with Crippen LogP contribution in [0.3, 0.4) is 0 Å². The van der Waals surface area contributed by atoms with Gasteiger partial charge in [0.1, 0.15) is 78.5 Å². The minimum atomic E-state index is -0.321. The first-order valence-corrected chi connectivity index (χ1v) is 11.1. The molecule has 14 heteroatoms. The van der Waals surface area contributed by atoms with Crippen LogP contribution in [0.1, 0.15) is 0 Å². The minimum Gasteiger partial charge on any atom is -0.313 e. The zero-order chi connectivity index (χ0) is 24.1. The second kappa shape index (κ2) is 8.80. The van der Waals surface area contributed by atoms with Gasteiger partial charge in [-0.05, 0) is 6.07 Å². The van der Waals surface area contributed by atoms with Gasteiger partial charge in [-0.15, -0.1) is 10.9 Å². The van der Waals surface area contributed by atoms with E-state index in [2.05, 4.69) is 83.4 Å². The predicted molar refractivity (Wildman–Crippen MR) is 170 cm³/mol. The molecule has 0 unspecified atom stereocenters. The molecular weight excluding hydrogens is 384 g/mol. The molecule has 32 heavy (non-hydrogen) atoms. The van der Waals surface area contributed by atoms with Gasteiger partial charge in [0.05, 0.1) is 10.6 Å². The van der Waals surface area contributed by atoms with Gasteiger partial charge in [0.25, 0.3) is 5.69 Å². The van der Waals surface area contributed by atoms with Crippen LogP contribution in [0.25, 0.3) is 0 Å². The highest BCUT2D eigenvalue weighted by atomic mass is 16.6. The van der Waals surface area contributed by atoms with Crippen molar-refractivity contribution in [2.45, 2.75) is 0 Å². The summed E-state index contributed by atoms with van der Waals surface area (Å²) in [6, 6.07) is 6.99. The maximum absolute atomic E-state index is 11.6. The van der Waals surface area contributed by atoms with Crippen molar-refractivity contribution >= 4 is 156 Å². The number of nitro groups is 1. The fraction of sp³-hybridized carbons (Fsp3) is 0. The molecule has 0 saturated heterocycles. The molecule has 148 valence electrons. The molecule has 0 heterocycles. The highest BCUT2D eigenvalue weighted by Crippen LogP contribution is 2.31. The maximum Gasteiger partial charge on any atom is 0.271 e. The molecule has 0 aromatic heterocycles. The van der Waals surface area contributed by atoms with Gasteiger partial charge in [0.2, 0.25) is 0 Å². The normalized spacial score (nSPS) is 10.8. The van der Waals surface area contributed by atoms with Gasteiger partial charge >= 0.3 is 0 Å². The molecule has 0 aliphatic carbocycles. The SMILES string of the molecule is Bc1c(B)c(B)c(N(c2cccc([N+](=O)[O-])c2)c2c(B)c(B)c(B)c(B)c2B)c(B)c1B. The van der Waals surface area contributed by atoms with Crippen molar-refractivity contribution in [1.29, 1.82) is 0 Å². The second-order valence-electron chi connectivity index (χ2n) is 9.06. The molecule has 3 aromatic carbocycles. The average Bonchev–Trinajstić information content (AvgIpc) is 2.78. The van der Waals surface area contributed by atoms with Crippen LogP contribution in [0.5, 0.6) is 0 Å². The van der Waals surface area contributed by atoms with Gasteiger partial charge in [-0.25, -0.2) is 0 Å². The number of hydrogen-bond acceptors (Lipinski definition) is 3. The summed E-state index contributed by atoms with van der Waals surface area (Å²) < 4.78 is 0. The molecule has 0 N–H and O–H groups in total. The Hall–Kier alpha value is -2.49. The van der Waals surface area contributed by atoms with E-state index in [-0.39, 0.29) is 10.6 Å². The zero-order valence-corrected chi connectivity index (χ0v) is 21.0. The Labute approximate surface area is 199 Å². The molecule has 0 bridgehead atoms. The fourth-order valence-electron chi connectivity index (χ4n) is 4.75. The standard InChI is InChI=1S/C18H24B10N2O2/c19-7-9(21)13(25)17(14(26)10(7)22)29(5-2-1-3-6(4-5)30(31)32)18-15(27)11(23)8(20)12(24)16(18)28/h1-4H,19-28H2. The Morgan fingerprint density at radius 3 is 1.28 bits per heavy atom. The number of nitro benzene ring substituents is 1. The number of anilines is 3. The summed E-state index contributed by atoms with van der Waals surface area (Å²) in [5.41, 5.74) is 15.6. The fourth-order valence-corrected chi connectivity index (χ4v) is 4.75. The molecule has 0 fully saturated rings. The van der Waals surface area contributed by atoms with Gasteiger partial charge in [-0.1, -0.05) is 49.8 Å². The van der Waals surface area contributed by atoms with Crippen molar-refractivity contribution in [3.8, 4) is 0 Å². The largest absolute Gasteiger partial charge is 0.313 e. The van der Waals surface area contributed by atoms with Gasteiger partial charge in [-0.3, -0.25) is 10.1 Å². The summed E-state index contributed by atoms with van der Waals surface area (Å²) in [6.45, 7) is 0. The Kier molecular flexibility index (Phi) is 6.64. The third kappa shape index (κ3) is 3.78. The molecule has 0 aliphatic heterocycles. The van der Waals surface area contributed by atoms with Crippen molar-refractivity contribution in [3.05, 3.63) is 34.4 Å². The summed E-state index contributed by atoms with van der Waals surface area (Å²) >= 11 is 0. The van der Waals surface area contributed by atoms with Gasteiger partial charge < -0.3 is 4.90 Å². The highest BCUT2D eigenvalue weighted by Gasteiger charge is 2.25. The molecule has 0 aliphatic rings. The summed E-state index contributed by atoms with van der Waals surface area (Å²) in [5, 5.41) is 11.6. The smallest absolute Gasteiger partial charge is 0.271 e. The van der Waals surface area contributed by atoms with E-state index in [0.29, 0.717) is 0 Å². The van der Waals surface area contributed by atoms with Crippen LogP contribution in [0.15, 0.2) is 24.3 Å². The molecule has 3 rings (SSSR count). The Bertz CT molecular complexity index is 1150. The van der Waals surface area contributed by atoms with Gasteiger partial charge in [-0.2, -0.15) is 0 Å². The third-order valence-electron chi connectivity index (χ3n) is 7.67. The molecule has 0 atom stereocenters. The van der Waals surface area contributed by atoms with Crippen LogP contribution >= 0.6 is 0 Å². The molecule has 3 aromatic rings. The lowest BCUT2D eigenvalue weighted by Gasteiger charge is -2.36. The molecule has 0 amide bonds. The Morgan fingerprint density at radius 1 is 0.594 bits per heavy atom. The van der Waals surface area contributed by atoms with E-state index in [1.807, 2.05) is 6.07 Å². The second-order valence-corrected chi connectivity index (χ2v) is 9.06. The zero-order valence-electron chi connectivity index (χ0n) is 21.0. The lowest BCUT2D eigenvalue weighted by Crippen LogP contribution is -2.59. The van der Waals surface area contributed by atoms with E-state index in [1.165, 1.54) is 54.6 Å². The number of benzene rings is 3. The van der Waals surface area contributed by atoms with E-state index >= 15 is 0 Å². The van der Waals surface area contributed by atoms with E-state index in [9.17, 15) is 10.1 Å².